The lowest BCUT2D eigenvalue weighted by Gasteiger charge is -2.30. The van der Waals surface area contributed by atoms with Gasteiger partial charge in [-0.25, -0.2) is 0 Å². The fourth-order valence-corrected chi connectivity index (χ4v) is 3.66. The number of H-pyrrole nitrogens is 1. The van der Waals surface area contributed by atoms with Crippen molar-refractivity contribution in [2.24, 2.45) is 5.41 Å². The zero-order valence-electron chi connectivity index (χ0n) is 18.2. The van der Waals surface area contributed by atoms with Gasteiger partial charge in [0, 0.05) is 19.8 Å². The Kier molecular flexibility index (Phi) is 7.72. The summed E-state index contributed by atoms with van der Waals surface area (Å²) >= 11 is 0. The minimum atomic E-state index is -1.05. The fraction of sp³-hybridized carbons (Fsp3) is 0.333. The van der Waals surface area contributed by atoms with Crippen molar-refractivity contribution in [3.63, 3.8) is 0 Å². The van der Waals surface area contributed by atoms with Crippen molar-refractivity contribution in [3.8, 4) is 11.1 Å². The van der Waals surface area contributed by atoms with Crippen LogP contribution in [0.2, 0.25) is 0 Å². The van der Waals surface area contributed by atoms with Gasteiger partial charge in [0.1, 0.15) is 0 Å². The van der Waals surface area contributed by atoms with E-state index >= 15 is 0 Å². The molecule has 0 aliphatic carbocycles. The molecule has 0 saturated heterocycles. The number of hydrogen-bond donors (Lipinski definition) is 3. The maximum atomic E-state index is 12.6. The summed E-state index contributed by atoms with van der Waals surface area (Å²) in [5.41, 5.74) is 2.31. The van der Waals surface area contributed by atoms with Gasteiger partial charge in [0.2, 0.25) is 0 Å². The number of methoxy groups -OCH3 is 1. The van der Waals surface area contributed by atoms with E-state index < -0.39 is 23.3 Å². The first-order chi connectivity index (χ1) is 15.4. The second kappa shape index (κ2) is 10.7. The van der Waals surface area contributed by atoms with Crippen molar-refractivity contribution in [1.82, 2.24) is 20.7 Å². The number of aromatic amines is 1. The molecule has 3 aromatic rings. The quantitative estimate of drug-likeness (QED) is 0.424. The summed E-state index contributed by atoms with van der Waals surface area (Å²) in [6.45, 7) is 2.00. The van der Waals surface area contributed by atoms with Crippen molar-refractivity contribution < 1.29 is 19.4 Å². The lowest BCUT2D eigenvalue weighted by molar-refractivity contribution is -0.149. The van der Waals surface area contributed by atoms with Gasteiger partial charge in [0.15, 0.2) is 5.69 Å². The minimum absolute atomic E-state index is 0.156. The summed E-state index contributed by atoms with van der Waals surface area (Å²) < 4.78 is 5.11. The highest BCUT2D eigenvalue weighted by Crippen LogP contribution is 2.30. The standard InChI is InChI=1S/C24H28N4O4/c1-24(23(30)31,12-13-32-2)15-20(26-22(29)21-16-25-28-27-21)14-17-8-10-19(11-9-17)18-6-4-3-5-7-18/h3-11,16,20H,12-15H2,1-2H3,(H,26,29)(H,30,31)(H,25,27,28)/t20-,24?/m1/s1. The number of hydrogen-bond acceptors (Lipinski definition) is 5. The van der Waals surface area contributed by atoms with E-state index in [1.165, 1.54) is 6.20 Å². The molecule has 168 valence electrons. The number of rotatable bonds is 11. The van der Waals surface area contributed by atoms with Gasteiger partial charge in [-0.3, -0.25) is 14.7 Å². The van der Waals surface area contributed by atoms with E-state index in [4.69, 9.17) is 4.74 Å². The van der Waals surface area contributed by atoms with Gasteiger partial charge < -0.3 is 15.2 Å². The molecule has 3 N–H and O–H groups in total. The van der Waals surface area contributed by atoms with Gasteiger partial charge >= 0.3 is 5.97 Å². The second-order valence-electron chi connectivity index (χ2n) is 8.11. The van der Waals surface area contributed by atoms with Crippen LogP contribution >= 0.6 is 0 Å². The molecule has 0 saturated carbocycles. The van der Waals surface area contributed by atoms with Gasteiger partial charge in [0.25, 0.3) is 5.91 Å². The first kappa shape index (κ1) is 23.1. The van der Waals surface area contributed by atoms with Crippen LogP contribution in [0.15, 0.2) is 60.8 Å². The maximum absolute atomic E-state index is 12.6. The zero-order chi connectivity index (χ0) is 23.0. The van der Waals surface area contributed by atoms with Crippen LogP contribution in [0.4, 0.5) is 0 Å². The monoisotopic (exact) mass is 436 g/mol. The van der Waals surface area contributed by atoms with Crippen molar-refractivity contribution in [1.29, 1.82) is 0 Å². The molecule has 8 heteroatoms. The Hall–Kier alpha value is -3.52. The first-order valence-electron chi connectivity index (χ1n) is 10.5. The van der Waals surface area contributed by atoms with Crippen molar-refractivity contribution >= 4 is 11.9 Å². The third kappa shape index (κ3) is 6.01. The van der Waals surface area contributed by atoms with Crippen LogP contribution in [0.1, 0.15) is 35.8 Å². The summed E-state index contributed by atoms with van der Waals surface area (Å²) in [4.78, 5) is 24.6. The molecule has 0 fully saturated rings. The molecule has 1 heterocycles. The van der Waals surface area contributed by atoms with E-state index in [-0.39, 0.29) is 12.1 Å². The Morgan fingerprint density at radius 1 is 1.12 bits per heavy atom. The highest BCUT2D eigenvalue weighted by atomic mass is 16.5. The number of carbonyl (C=O) groups is 2. The predicted molar refractivity (Wildman–Crippen MR) is 120 cm³/mol. The molecule has 0 bridgehead atoms. The molecular weight excluding hydrogens is 408 g/mol. The van der Waals surface area contributed by atoms with E-state index in [0.29, 0.717) is 19.4 Å². The van der Waals surface area contributed by atoms with E-state index in [2.05, 4.69) is 20.7 Å². The van der Waals surface area contributed by atoms with Crippen LogP contribution < -0.4 is 5.32 Å². The number of carboxylic acids is 1. The molecule has 1 aromatic heterocycles. The SMILES string of the molecule is COCCC(C)(C[C@@H](Cc1ccc(-c2ccccc2)cc1)NC(=O)c1c[nH]nn1)C(=O)O. The molecule has 1 amide bonds. The maximum Gasteiger partial charge on any atom is 0.309 e. The smallest absolute Gasteiger partial charge is 0.309 e. The minimum Gasteiger partial charge on any atom is -0.481 e. The molecule has 3 rings (SSSR count). The lowest BCUT2D eigenvalue weighted by Crippen LogP contribution is -2.43. The highest BCUT2D eigenvalue weighted by molar-refractivity contribution is 5.92. The fourth-order valence-electron chi connectivity index (χ4n) is 3.66. The summed E-state index contributed by atoms with van der Waals surface area (Å²) in [5.74, 6) is -1.32. The second-order valence-corrected chi connectivity index (χ2v) is 8.11. The third-order valence-electron chi connectivity index (χ3n) is 5.60. The van der Waals surface area contributed by atoms with Crippen LogP contribution in [0, 0.1) is 5.41 Å². The number of benzene rings is 2. The van der Waals surface area contributed by atoms with Crippen LogP contribution in [0.3, 0.4) is 0 Å². The zero-order valence-corrected chi connectivity index (χ0v) is 18.2. The average molecular weight is 437 g/mol. The molecule has 2 aromatic carbocycles. The van der Waals surface area contributed by atoms with Gasteiger partial charge in [0.05, 0.1) is 11.6 Å². The molecule has 1 unspecified atom stereocenters. The summed E-state index contributed by atoms with van der Waals surface area (Å²) in [5, 5.41) is 22.6. The van der Waals surface area contributed by atoms with Gasteiger partial charge in [-0.05, 0) is 42.9 Å². The van der Waals surface area contributed by atoms with Crippen LogP contribution in [-0.4, -0.2) is 52.2 Å². The molecule has 0 spiro atoms. The van der Waals surface area contributed by atoms with Crippen LogP contribution in [0.5, 0.6) is 0 Å². The molecule has 32 heavy (non-hydrogen) atoms. The van der Waals surface area contributed by atoms with Gasteiger partial charge in [-0.2, -0.15) is 0 Å². The number of ether oxygens (including phenoxy) is 1. The summed E-state index contributed by atoms with van der Waals surface area (Å²) in [7, 11) is 1.54. The summed E-state index contributed by atoms with van der Waals surface area (Å²) in [6, 6.07) is 17.7. The number of nitrogens with one attached hydrogen (secondary N) is 2. The van der Waals surface area contributed by atoms with E-state index in [0.717, 1.165) is 16.7 Å². The van der Waals surface area contributed by atoms with Crippen molar-refractivity contribution in [2.75, 3.05) is 13.7 Å². The van der Waals surface area contributed by atoms with Crippen LogP contribution in [-0.2, 0) is 16.0 Å². The summed E-state index contributed by atoms with van der Waals surface area (Å²) in [6.07, 6.45) is 2.47. The van der Waals surface area contributed by atoms with Gasteiger partial charge in [-0.15, -0.1) is 5.10 Å². The Bertz CT molecular complexity index is 1010. The number of amides is 1. The van der Waals surface area contributed by atoms with Crippen LogP contribution in [0.25, 0.3) is 11.1 Å². The first-order valence-corrected chi connectivity index (χ1v) is 10.5. The Labute approximate surface area is 187 Å². The van der Waals surface area contributed by atoms with E-state index in [1.54, 1.807) is 14.0 Å². The largest absolute Gasteiger partial charge is 0.481 e. The molecular formula is C24H28N4O4. The molecule has 2 atom stereocenters. The number of nitrogens with zero attached hydrogens (tertiary/aromatic N) is 2. The third-order valence-corrected chi connectivity index (χ3v) is 5.60. The highest BCUT2D eigenvalue weighted by Gasteiger charge is 2.36. The predicted octanol–water partition coefficient (Wildman–Crippen LogP) is 3.33. The molecule has 0 aliphatic rings. The number of carbonyl (C=O) groups excluding carboxylic acids is 1. The molecule has 0 radical (unpaired) electrons. The van der Waals surface area contributed by atoms with E-state index in [1.807, 2.05) is 54.6 Å². The van der Waals surface area contributed by atoms with Crippen molar-refractivity contribution in [3.05, 3.63) is 72.1 Å². The number of aromatic nitrogens is 3. The molecule has 8 nitrogen and oxygen atoms in total. The average Bonchev–Trinajstić information content (AvgIpc) is 3.34. The lowest BCUT2D eigenvalue weighted by atomic mass is 9.79. The normalized spacial score (nSPS) is 13.8. The Balaban J connectivity index is 1.79. The number of carboxylic acid groups (broad SMARTS) is 1. The Morgan fingerprint density at radius 3 is 2.41 bits per heavy atom. The Morgan fingerprint density at radius 2 is 1.81 bits per heavy atom. The van der Waals surface area contributed by atoms with Gasteiger partial charge in [-0.1, -0.05) is 59.8 Å². The van der Waals surface area contributed by atoms with Crippen molar-refractivity contribution in [2.45, 2.75) is 32.2 Å². The number of aliphatic carboxylic acids is 1. The topological polar surface area (TPSA) is 117 Å². The van der Waals surface area contributed by atoms with E-state index in [9.17, 15) is 14.7 Å². The molecule has 0 aliphatic heterocycles.